The van der Waals surface area contributed by atoms with Crippen molar-refractivity contribution < 1.29 is 9.18 Å². The average molecular weight is 270 g/mol. The van der Waals surface area contributed by atoms with Gasteiger partial charge in [-0.1, -0.05) is 42.5 Å². The SMILES string of the molecule is CC(C)(C(=O)CCc1ccccc1)c1ccc(F)cc1. The number of carbonyl (C=O) groups is 1. The van der Waals surface area contributed by atoms with E-state index in [1.54, 1.807) is 12.1 Å². The lowest BCUT2D eigenvalue weighted by molar-refractivity contribution is -0.123. The van der Waals surface area contributed by atoms with Gasteiger partial charge in [-0.2, -0.15) is 0 Å². The van der Waals surface area contributed by atoms with E-state index in [2.05, 4.69) is 0 Å². The number of aryl methyl sites for hydroxylation is 1. The third kappa shape index (κ3) is 3.32. The minimum absolute atomic E-state index is 0.174. The molecule has 0 aliphatic heterocycles. The second-order valence-electron chi connectivity index (χ2n) is 5.54. The zero-order valence-electron chi connectivity index (χ0n) is 11.9. The molecule has 0 N–H and O–H groups in total. The summed E-state index contributed by atoms with van der Waals surface area (Å²) in [6.45, 7) is 3.79. The zero-order valence-corrected chi connectivity index (χ0v) is 11.9. The smallest absolute Gasteiger partial charge is 0.143 e. The van der Waals surface area contributed by atoms with Crippen molar-refractivity contribution in [2.45, 2.75) is 32.1 Å². The standard InChI is InChI=1S/C18H19FO/c1-18(2,15-9-11-16(19)12-10-15)17(20)13-8-14-6-4-3-5-7-14/h3-7,9-12H,8,13H2,1-2H3. The Kier molecular flexibility index (Phi) is 4.33. The van der Waals surface area contributed by atoms with Gasteiger partial charge in [0.1, 0.15) is 11.6 Å². The van der Waals surface area contributed by atoms with E-state index in [9.17, 15) is 9.18 Å². The maximum atomic E-state index is 13.0. The van der Waals surface area contributed by atoms with E-state index in [4.69, 9.17) is 0 Å². The zero-order chi connectivity index (χ0) is 14.6. The number of hydrogen-bond donors (Lipinski definition) is 0. The van der Waals surface area contributed by atoms with Crippen LogP contribution in [0.4, 0.5) is 4.39 Å². The van der Waals surface area contributed by atoms with Crippen LogP contribution in [0.15, 0.2) is 54.6 Å². The van der Waals surface area contributed by atoms with Gasteiger partial charge in [0.2, 0.25) is 0 Å². The minimum Gasteiger partial charge on any atom is -0.299 e. The normalized spacial score (nSPS) is 11.3. The summed E-state index contributed by atoms with van der Waals surface area (Å²) in [6.07, 6.45) is 1.23. The summed E-state index contributed by atoms with van der Waals surface area (Å²) in [7, 11) is 0. The summed E-state index contributed by atoms with van der Waals surface area (Å²) >= 11 is 0. The van der Waals surface area contributed by atoms with Crippen molar-refractivity contribution in [1.82, 2.24) is 0 Å². The maximum absolute atomic E-state index is 13.0. The number of hydrogen-bond acceptors (Lipinski definition) is 1. The Morgan fingerprint density at radius 2 is 1.60 bits per heavy atom. The lowest BCUT2D eigenvalue weighted by Gasteiger charge is -2.23. The van der Waals surface area contributed by atoms with Crippen molar-refractivity contribution in [2.75, 3.05) is 0 Å². The summed E-state index contributed by atoms with van der Waals surface area (Å²) in [5.41, 5.74) is 1.44. The highest BCUT2D eigenvalue weighted by Gasteiger charge is 2.28. The molecule has 0 heterocycles. The summed E-state index contributed by atoms with van der Waals surface area (Å²) in [5.74, 6) is -0.103. The Bertz CT molecular complexity index is 570. The van der Waals surface area contributed by atoms with E-state index in [-0.39, 0.29) is 11.6 Å². The van der Waals surface area contributed by atoms with Gasteiger partial charge in [-0.15, -0.1) is 0 Å². The minimum atomic E-state index is -0.581. The molecule has 0 radical (unpaired) electrons. The molecular weight excluding hydrogens is 251 g/mol. The molecule has 0 aliphatic rings. The second-order valence-corrected chi connectivity index (χ2v) is 5.54. The molecule has 2 rings (SSSR count). The molecular formula is C18H19FO. The molecule has 0 bridgehead atoms. The van der Waals surface area contributed by atoms with E-state index in [0.29, 0.717) is 6.42 Å². The van der Waals surface area contributed by atoms with Gasteiger partial charge >= 0.3 is 0 Å². The quantitative estimate of drug-likeness (QED) is 0.791. The van der Waals surface area contributed by atoms with Crippen molar-refractivity contribution in [3.05, 3.63) is 71.5 Å². The molecule has 0 amide bonds. The van der Waals surface area contributed by atoms with Gasteiger partial charge in [0.15, 0.2) is 0 Å². The van der Waals surface area contributed by atoms with Crippen molar-refractivity contribution in [2.24, 2.45) is 0 Å². The third-order valence-electron chi connectivity index (χ3n) is 3.75. The van der Waals surface area contributed by atoms with Gasteiger partial charge in [0.25, 0.3) is 0 Å². The van der Waals surface area contributed by atoms with Crippen LogP contribution < -0.4 is 0 Å². The molecule has 0 atom stereocenters. The summed E-state index contributed by atoms with van der Waals surface area (Å²) < 4.78 is 13.0. The molecule has 0 saturated carbocycles. The van der Waals surface area contributed by atoms with Gasteiger partial charge in [-0.3, -0.25) is 4.79 Å². The molecule has 2 aromatic carbocycles. The van der Waals surface area contributed by atoms with Crippen LogP contribution in [0, 0.1) is 5.82 Å². The number of carbonyl (C=O) groups excluding carboxylic acids is 1. The molecule has 0 saturated heterocycles. The van der Waals surface area contributed by atoms with E-state index < -0.39 is 5.41 Å². The van der Waals surface area contributed by atoms with Crippen molar-refractivity contribution >= 4 is 5.78 Å². The van der Waals surface area contributed by atoms with Crippen LogP contribution in [0.1, 0.15) is 31.4 Å². The Morgan fingerprint density at radius 3 is 2.20 bits per heavy atom. The van der Waals surface area contributed by atoms with Gasteiger partial charge in [-0.25, -0.2) is 4.39 Å². The molecule has 0 aliphatic carbocycles. The maximum Gasteiger partial charge on any atom is 0.143 e. The van der Waals surface area contributed by atoms with Crippen LogP contribution in [0.5, 0.6) is 0 Å². The fourth-order valence-electron chi connectivity index (χ4n) is 2.24. The van der Waals surface area contributed by atoms with Crippen LogP contribution in [-0.4, -0.2) is 5.78 Å². The summed E-state index contributed by atoms with van der Waals surface area (Å²) in [5, 5.41) is 0. The third-order valence-corrected chi connectivity index (χ3v) is 3.75. The first-order chi connectivity index (χ1) is 9.50. The Morgan fingerprint density at radius 1 is 1.00 bits per heavy atom. The van der Waals surface area contributed by atoms with E-state index in [1.807, 2.05) is 44.2 Å². The molecule has 0 spiro atoms. The summed E-state index contributed by atoms with van der Waals surface area (Å²) in [6, 6.07) is 16.2. The number of ketones is 1. The number of rotatable bonds is 5. The molecule has 104 valence electrons. The van der Waals surface area contributed by atoms with Crippen LogP contribution in [-0.2, 0) is 16.6 Å². The van der Waals surface area contributed by atoms with Crippen LogP contribution in [0.25, 0.3) is 0 Å². The van der Waals surface area contributed by atoms with Crippen LogP contribution >= 0.6 is 0 Å². The molecule has 20 heavy (non-hydrogen) atoms. The van der Waals surface area contributed by atoms with E-state index >= 15 is 0 Å². The van der Waals surface area contributed by atoms with Crippen LogP contribution in [0.3, 0.4) is 0 Å². The highest BCUT2D eigenvalue weighted by molar-refractivity contribution is 5.89. The monoisotopic (exact) mass is 270 g/mol. The molecule has 2 aromatic rings. The lowest BCUT2D eigenvalue weighted by Crippen LogP contribution is -2.29. The molecule has 0 fully saturated rings. The Hall–Kier alpha value is -1.96. The van der Waals surface area contributed by atoms with Crippen molar-refractivity contribution in [3.8, 4) is 0 Å². The average Bonchev–Trinajstić information content (AvgIpc) is 2.46. The first-order valence-corrected chi connectivity index (χ1v) is 6.83. The Balaban J connectivity index is 2.05. The second kappa shape index (κ2) is 6.00. The summed E-state index contributed by atoms with van der Waals surface area (Å²) in [4.78, 5) is 12.4. The fraction of sp³-hybridized carbons (Fsp3) is 0.278. The Labute approximate surface area is 119 Å². The van der Waals surface area contributed by atoms with Crippen molar-refractivity contribution in [3.63, 3.8) is 0 Å². The highest BCUT2D eigenvalue weighted by Crippen LogP contribution is 2.26. The highest BCUT2D eigenvalue weighted by atomic mass is 19.1. The number of halogens is 1. The number of Topliss-reactive ketones (excluding diaryl/α,β-unsaturated/α-hetero) is 1. The molecule has 2 heteroatoms. The first-order valence-electron chi connectivity index (χ1n) is 6.83. The van der Waals surface area contributed by atoms with Gasteiger partial charge in [-0.05, 0) is 43.5 Å². The molecule has 0 unspecified atom stereocenters. The van der Waals surface area contributed by atoms with Crippen LogP contribution in [0.2, 0.25) is 0 Å². The molecule has 0 aromatic heterocycles. The first kappa shape index (κ1) is 14.4. The number of benzene rings is 2. The predicted molar refractivity (Wildman–Crippen MR) is 79.2 cm³/mol. The molecule has 1 nitrogen and oxygen atoms in total. The van der Waals surface area contributed by atoms with Gasteiger partial charge in [0.05, 0.1) is 0 Å². The topological polar surface area (TPSA) is 17.1 Å². The lowest BCUT2D eigenvalue weighted by atomic mass is 9.78. The van der Waals surface area contributed by atoms with Crippen molar-refractivity contribution in [1.29, 1.82) is 0 Å². The fourth-order valence-corrected chi connectivity index (χ4v) is 2.24. The van der Waals surface area contributed by atoms with E-state index in [0.717, 1.165) is 17.5 Å². The van der Waals surface area contributed by atoms with Gasteiger partial charge < -0.3 is 0 Å². The predicted octanol–water partition coefficient (Wildman–Crippen LogP) is 4.31. The largest absolute Gasteiger partial charge is 0.299 e. The van der Waals surface area contributed by atoms with E-state index in [1.165, 1.54) is 12.1 Å². The van der Waals surface area contributed by atoms with Gasteiger partial charge in [0, 0.05) is 11.8 Å².